The number of aromatic nitrogens is 2. The molecule has 7 heteroatoms. The normalized spacial score (nSPS) is 11.8. The van der Waals surface area contributed by atoms with Gasteiger partial charge in [-0.1, -0.05) is 17.8 Å². The fourth-order valence-corrected chi connectivity index (χ4v) is 2.49. The molecule has 1 aromatic heterocycles. The SMILES string of the molecule is NCCc1ccc(Sc2ncc[nH]2)c(C(F)(F)F)c1. The van der Waals surface area contributed by atoms with Gasteiger partial charge in [0.15, 0.2) is 5.16 Å². The molecule has 0 saturated heterocycles. The average Bonchev–Trinajstić information content (AvgIpc) is 2.83. The van der Waals surface area contributed by atoms with Crippen LogP contribution in [-0.2, 0) is 12.6 Å². The van der Waals surface area contributed by atoms with E-state index in [9.17, 15) is 13.2 Å². The van der Waals surface area contributed by atoms with E-state index in [1.165, 1.54) is 12.3 Å². The largest absolute Gasteiger partial charge is 0.417 e. The summed E-state index contributed by atoms with van der Waals surface area (Å²) in [6.45, 7) is 0.321. The number of benzene rings is 1. The Morgan fingerprint density at radius 1 is 1.32 bits per heavy atom. The van der Waals surface area contributed by atoms with Crippen molar-refractivity contribution in [1.29, 1.82) is 0 Å². The van der Waals surface area contributed by atoms with E-state index in [1.807, 2.05) is 0 Å². The molecule has 2 aromatic rings. The van der Waals surface area contributed by atoms with Gasteiger partial charge in [0, 0.05) is 17.3 Å². The first-order chi connectivity index (χ1) is 9.00. The highest BCUT2D eigenvalue weighted by atomic mass is 32.2. The first-order valence-corrected chi connectivity index (χ1v) is 6.40. The lowest BCUT2D eigenvalue weighted by atomic mass is 10.1. The van der Waals surface area contributed by atoms with E-state index in [-0.39, 0.29) is 4.90 Å². The molecular formula is C12H12F3N3S. The Hall–Kier alpha value is -1.47. The Balaban J connectivity index is 2.36. The van der Waals surface area contributed by atoms with Crippen LogP contribution >= 0.6 is 11.8 Å². The fourth-order valence-electron chi connectivity index (χ4n) is 1.62. The van der Waals surface area contributed by atoms with Crippen LogP contribution in [0.25, 0.3) is 0 Å². The van der Waals surface area contributed by atoms with Crippen LogP contribution in [-0.4, -0.2) is 16.5 Å². The van der Waals surface area contributed by atoms with Crippen LogP contribution in [0.15, 0.2) is 40.6 Å². The van der Waals surface area contributed by atoms with Crippen LogP contribution < -0.4 is 5.73 Å². The maximum Gasteiger partial charge on any atom is 0.417 e. The summed E-state index contributed by atoms with van der Waals surface area (Å²) >= 11 is 0.957. The van der Waals surface area contributed by atoms with E-state index in [1.54, 1.807) is 12.3 Å². The minimum Gasteiger partial charge on any atom is -0.339 e. The Bertz CT molecular complexity index is 538. The van der Waals surface area contributed by atoms with E-state index in [0.717, 1.165) is 17.8 Å². The molecule has 3 nitrogen and oxygen atoms in total. The van der Waals surface area contributed by atoms with Crippen LogP contribution in [0.1, 0.15) is 11.1 Å². The van der Waals surface area contributed by atoms with Gasteiger partial charge in [0.25, 0.3) is 0 Å². The number of aromatic amines is 1. The molecule has 0 aliphatic heterocycles. The number of halogens is 3. The maximum absolute atomic E-state index is 13.0. The van der Waals surface area contributed by atoms with E-state index < -0.39 is 11.7 Å². The third kappa shape index (κ3) is 3.51. The van der Waals surface area contributed by atoms with Gasteiger partial charge in [-0.2, -0.15) is 13.2 Å². The van der Waals surface area contributed by atoms with Gasteiger partial charge in [-0.3, -0.25) is 0 Å². The number of H-pyrrole nitrogens is 1. The van der Waals surface area contributed by atoms with Gasteiger partial charge in [0.2, 0.25) is 0 Å². The van der Waals surface area contributed by atoms with Crippen molar-refractivity contribution in [1.82, 2.24) is 9.97 Å². The van der Waals surface area contributed by atoms with Crippen molar-refractivity contribution in [2.75, 3.05) is 6.54 Å². The van der Waals surface area contributed by atoms with Crippen molar-refractivity contribution >= 4 is 11.8 Å². The van der Waals surface area contributed by atoms with Crippen LogP contribution in [0.3, 0.4) is 0 Å². The van der Waals surface area contributed by atoms with Crippen molar-refractivity contribution in [3.8, 4) is 0 Å². The van der Waals surface area contributed by atoms with E-state index in [0.29, 0.717) is 23.7 Å². The smallest absolute Gasteiger partial charge is 0.339 e. The lowest BCUT2D eigenvalue weighted by Gasteiger charge is -2.13. The number of rotatable bonds is 4. The molecule has 0 amide bonds. The fraction of sp³-hybridized carbons (Fsp3) is 0.250. The molecule has 0 unspecified atom stereocenters. The third-order valence-electron chi connectivity index (χ3n) is 2.46. The Labute approximate surface area is 112 Å². The second-order valence-electron chi connectivity index (χ2n) is 3.86. The van der Waals surface area contributed by atoms with Gasteiger partial charge >= 0.3 is 6.18 Å². The zero-order chi connectivity index (χ0) is 13.9. The van der Waals surface area contributed by atoms with E-state index in [4.69, 9.17) is 5.73 Å². The molecule has 0 bridgehead atoms. The van der Waals surface area contributed by atoms with Crippen LogP contribution in [0.2, 0.25) is 0 Å². The van der Waals surface area contributed by atoms with Crippen molar-refractivity contribution in [2.45, 2.75) is 22.6 Å². The van der Waals surface area contributed by atoms with Gasteiger partial charge in [0.05, 0.1) is 5.56 Å². The van der Waals surface area contributed by atoms with Crippen LogP contribution in [0, 0.1) is 0 Å². The summed E-state index contributed by atoms with van der Waals surface area (Å²) in [4.78, 5) is 6.81. The number of imidazole rings is 1. The number of hydrogen-bond acceptors (Lipinski definition) is 3. The summed E-state index contributed by atoms with van der Waals surface area (Å²) < 4.78 is 39.1. The molecule has 2 rings (SSSR count). The molecule has 1 heterocycles. The molecule has 0 atom stereocenters. The zero-order valence-corrected chi connectivity index (χ0v) is 10.7. The summed E-state index contributed by atoms with van der Waals surface area (Å²) in [7, 11) is 0. The first-order valence-electron chi connectivity index (χ1n) is 5.58. The summed E-state index contributed by atoms with van der Waals surface area (Å²) in [6, 6.07) is 4.27. The molecule has 0 fully saturated rings. The highest BCUT2D eigenvalue weighted by Gasteiger charge is 2.34. The van der Waals surface area contributed by atoms with Gasteiger partial charge < -0.3 is 10.7 Å². The highest BCUT2D eigenvalue weighted by molar-refractivity contribution is 7.99. The topological polar surface area (TPSA) is 54.7 Å². The molecule has 1 aromatic carbocycles. The van der Waals surface area contributed by atoms with Crippen molar-refractivity contribution < 1.29 is 13.2 Å². The summed E-state index contributed by atoms with van der Waals surface area (Å²) in [5.41, 5.74) is 5.30. The maximum atomic E-state index is 13.0. The lowest BCUT2D eigenvalue weighted by molar-refractivity contribution is -0.139. The number of alkyl halides is 3. The monoisotopic (exact) mass is 287 g/mol. The van der Waals surface area contributed by atoms with Gasteiger partial charge in [-0.15, -0.1) is 0 Å². The minimum absolute atomic E-state index is 0.128. The van der Waals surface area contributed by atoms with Crippen molar-refractivity contribution in [3.63, 3.8) is 0 Å². The predicted octanol–water partition coefficient (Wildman–Crippen LogP) is 3.08. The Morgan fingerprint density at radius 3 is 2.68 bits per heavy atom. The third-order valence-corrected chi connectivity index (χ3v) is 3.45. The van der Waals surface area contributed by atoms with Crippen molar-refractivity contribution in [2.24, 2.45) is 5.73 Å². The Kier molecular flexibility index (Phi) is 4.16. The van der Waals surface area contributed by atoms with Crippen LogP contribution in [0.5, 0.6) is 0 Å². The molecule has 0 spiro atoms. The summed E-state index contributed by atoms with van der Waals surface area (Å²) in [6.07, 6.45) is -0.898. The average molecular weight is 287 g/mol. The molecule has 102 valence electrons. The van der Waals surface area contributed by atoms with Gasteiger partial charge in [-0.05, 0) is 30.7 Å². The molecule has 0 aliphatic carbocycles. The molecular weight excluding hydrogens is 275 g/mol. The van der Waals surface area contributed by atoms with Gasteiger partial charge in [-0.25, -0.2) is 4.98 Å². The Morgan fingerprint density at radius 2 is 2.11 bits per heavy atom. The highest BCUT2D eigenvalue weighted by Crippen LogP contribution is 2.39. The van der Waals surface area contributed by atoms with Gasteiger partial charge in [0.1, 0.15) is 0 Å². The molecule has 0 radical (unpaired) electrons. The number of nitrogens with zero attached hydrogens (tertiary/aromatic N) is 1. The number of hydrogen-bond donors (Lipinski definition) is 2. The first kappa shape index (κ1) is 14.0. The predicted molar refractivity (Wildman–Crippen MR) is 66.9 cm³/mol. The minimum atomic E-state index is -4.39. The second-order valence-corrected chi connectivity index (χ2v) is 4.89. The lowest BCUT2D eigenvalue weighted by Crippen LogP contribution is -2.09. The summed E-state index contributed by atoms with van der Waals surface area (Å²) in [5, 5.41) is 0.428. The van der Waals surface area contributed by atoms with Crippen molar-refractivity contribution in [3.05, 3.63) is 41.7 Å². The molecule has 0 aliphatic rings. The summed E-state index contributed by atoms with van der Waals surface area (Å²) in [5.74, 6) is 0. The van der Waals surface area contributed by atoms with Crippen LogP contribution in [0.4, 0.5) is 13.2 Å². The number of nitrogens with one attached hydrogen (secondary N) is 1. The zero-order valence-electron chi connectivity index (χ0n) is 9.87. The molecule has 19 heavy (non-hydrogen) atoms. The number of nitrogens with two attached hydrogens (primary N) is 1. The van der Waals surface area contributed by atoms with E-state index >= 15 is 0 Å². The molecule has 3 N–H and O–H groups in total. The molecule has 0 saturated carbocycles. The quantitative estimate of drug-likeness (QED) is 0.908. The standard InChI is InChI=1S/C12H12F3N3S/c13-12(14,15)9-7-8(3-4-16)1-2-10(9)19-11-17-5-6-18-11/h1-2,5-7H,3-4,16H2,(H,17,18). The van der Waals surface area contributed by atoms with E-state index in [2.05, 4.69) is 9.97 Å². The second kappa shape index (κ2) is 5.66.